The summed E-state index contributed by atoms with van der Waals surface area (Å²) in [5, 5.41) is 4.67. The first-order valence-corrected chi connectivity index (χ1v) is 12.9. The Morgan fingerprint density at radius 3 is 2.39 bits per heavy atom. The second-order valence-electron chi connectivity index (χ2n) is 10.5. The molecule has 0 aromatic heterocycles. The normalized spacial score (nSPS) is 18.4. The minimum Gasteiger partial charge on any atom is -0.467 e. The second-order valence-corrected chi connectivity index (χ2v) is 10.5. The summed E-state index contributed by atoms with van der Waals surface area (Å²) in [5.41, 5.74) is 2.55. The number of aryl methyl sites for hydroxylation is 2. The topological polar surface area (TPSA) is 95.6 Å². The van der Waals surface area contributed by atoms with Crippen LogP contribution in [0.4, 0.5) is 4.79 Å². The fourth-order valence-electron chi connectivity index (χ4n) is 4.35. The van der Waals surface area contributed by atoms with Gasteiger partial charge >= 0.3 is 6.16 Å². The lowest BCUT2D eigenvalue weighted by atomic mass is 10.0. The predicted molar refractivity (Wildman–Crippen MR) is 143 cm³/mol. The first-order chi connectivity index (χ1) is 18.1. The molecule has 0 spiro atoms. The molecule has 38 heavy (non-hydrogen) atoms. The largest absolute Gasteiger partial charge is 0.528 e. The molecule has 1 heterocycles. The quantitative estimate of drug-likeness (QED) is 0.362. The molecular weight excluding hydrogens is 488 g/mol. The third-order valence-corrected chi connectivity index (χ3v) is 6.01. The molecule has 1 aliphatic heterocycles. The molecule has 2 aromatic rings. The van der Waals surface area contributed by atoms with E-state index in [1.165, 1.54) is 0 Å². The smallest absolute Gasteiger partial charge is 0.467 e. The number of methoxy groups -OCH3 is 1. The molecule has 9 nitrogen and oxygen atoms in total. The van der Waals surface area contributed by atoms with Crippen LogP contribution in [0.1, 0.15) is 60.7 Å². The molecule has 1 fully saturated rings. The van der Waals surface area contributed by atoms with E-state index in [-0.39, 0.29) is 25.3 Å². The van der Waals surface area contributed by atoms with Crippen molar-refractivity contribution in [1.29, 1.82) is 0 Å². The first kappa shape index (κ1) is 29.4. The summed E-state index contributed by atoms with van der Waals surface area (Å²) in [6, 6.07) is 13.0. The van der Waals surface area contributed by atoms with Crippen LogP contribution in [0.15, 0.2) is 42.5 Å². The van der Waals surface area contributed by atoms with E-state index in [4.69, 9.17) is 23.8 Å². The molecule has 0 aliphatic carbocycles. The Kier molecular flexibility index (Phi) is 10.5. The van der Waals surface area contributed by atoms with Crippen molar-refractivity contribution < 1.29 is 33.4 Å². The highest BCUT2D eigenvalue weighted by molar-refractivity contribution is 5.95. The average molecular weight is 529 g/mol. The number of hydroxylamine groups is 2. The van der Waals surface area contributed by atoms with Crippen LogP contribution in [-0.2, 0) is 25.7 Å². The Hall–Kier alpha value is -3.14. The van der Waals surface area contributed by atoms with Gasteiger partial charge in [0.25, 0.3) is 5.91 Å². The van der Waals surface area contributed by atoms with Gasteiger partial charge in [-0.25, -0.2) is 4.79 Å². The van der Waals surface area contributed by atoms with Gasteiger partial charge in [-0.2, -0.15) is 0 Å². The standard InChI is InChI=1S/C29H40N2O7/c1-20-15-23(16-21(2)26(20)36-19-34-6)27(32)30-24-17-31(38-28(33)37-29(3,4)5)14-10-13-25(24)35-18-22-11-8-7-9-12-22/h7-9,11-12,15-16,24-25H,10,13-14,17-19H2,1-6H3,(H,30,32)/t24-,25-/m1/s1. The van der Waals surface area contributed by atoms with Crippen LogP contribution in [0, 0.1) is 13.8 Å². The lowest BCUT2D eigenvalue weighted by molar-refractivity contribution is -0.145. The highest BCUT2D eigenvalue weighted by Gasteiger charge is 2.32. The summed E-state index contributed by atoms with van der Waals surface area (Å²) >= 11 is 0. The van der Waals surface area contributed by atoms with Gasteiger partial charge in [0.1, 0.15) is 11.4 Å². The number of nitrogens with one attached hydrogen (secondary N) is 1. The Labute approximate surface area is 225 Å². The van der Waals surface area contributed by atoms with E-state index in [1.807, 2.05) is 44.2 Å². The van der Waals surface area contributed by atoms with Crippen molar-refractivity contribution in [2.75, 3.05) is 27.0 Å². The van der Waals surface area contributed by atoms with E-state index >= 15 is 0 Å². The van der Waals surface area contributed by atoms with E-state index in [0.29, 0.717) is 30.9 Å². The molecule has 1 amide bonds. The molecule has 0 radical (unpaired) electrons. The minimum absolute atomic E-state index is 0.128. The Bertz CT molecular complexity index is 1050. The molecule has 208 valence electrons. The van der Waals surface area contributed by atoms with Crippen LogP contribution in [0.25, 0.3) is 0 Å². The molecule has 1 aliphatic rings. The van der Waals surface area contributed by atoms with Gasteiger partial charge < -0.3 is 29.1 Å². The van der Waals surface area contributed by atoms with Gasteiger partial charge in [0.2, 0.25) is 0 Å². The summed E-state index contributed by atoms with van der Waals surface area (Å²) in [6.45, 7) is 10.4. The van der Waals surface area contributed by atoms with Gasteiger partial charge in [-0.1, -0.05) is 30.3 Å². The van der Waals surface area contributed by atoms with Crippen LogP contribution in [-0.4, -0.2) is 61.9 Å². The van der Waals surface area contributed by atoms with Crippen LogP contribution >= 0.6 is 0 Å². The van der Waals surface area contributed by atoms with Crippen LogP contribution in [0.5, 0.6) is 5.75 Å². The average Bonchev–Trinajstić information content (AvgIpc) is 3.02. The maximum atomic E-state index is 13.4. The van der Waals surface area contributed by atoms with Crippen molar-refractivity contribution in [2.45, 2.75) is 71.8 Å². The second kappa shape index (κ2) is 13.6. The molecule has 9 heteroatoms. The van der Waals surface area contributed by atoms with Crippen molar-refractivity contribution in [3.8, 4) is 5.75 Å². The maximum absolute atomic E-state index is 13.4. The number of carbonyl (C=O) groups is 2. The molecular formula is C29H40N2O7. The summed E-state index contributed by atoms with van der Waals surface area (Å²) in [6.07, 6.45) is 0.355. The van der Waals surface area contributed by atoms with Crippen LogP contribution < -0.4 is 10.1 Å². The maximum Gasteiger partial charge on any atom is 0.528 e. The fraction of sp³-hybridized carbons (Fsp3) is 0.517. The van der Waals surface area contributed by atoms with Gasteiger partial charge in [-0.3, -0.25) is 4.79 Å². The first-order valence-electron chi connectivity index (χ1n) is 12.9. The molecule has 0 saturated carbocycles. The Balaban J connectivity index is 1.77. The van der Waals surface area contributed by atoms with Gasteiger partial charge in [0.15, 0.2) is 6.79 Å². The van der Waals surface area contributed by atoms with Crippen molar-refractivity contribution in [2.24, 2.45) is 0 Å². The number of benzene rings is 2. The monoisotopic (exact) mass is 528 g/mol. The highest BCUT2D eigenvalue weighted by Crippen LogP contribution is 2.25. The van der Waals surface area contributed by atoms with Gasteiger partial charge in [-0.15, -0.1) is 5.06 Å². The summed E-state index contributed by atoms with van der Waals surface area (Å²) in [7, 11) is 1.56. The van der Waals surface area contributed by atoms with E-state index in [0.717, 1.165) is 23.1 Å². The van der Waals surface area contributed by atoms with Crippen LogP contribution in [0.3, 0.4) is 0 Å². The van der Waals surface area contributed by atoms with Gasteiger partial charge in [-0.05, 0) is 76.3 Å². The van der Waals surface area contributed by atoms with Gasteiger partial charge in [0, 0.05) is 19.2 Å². The fourth-order valence-corrected chi connectivity index (χ4v) is 4.35. The van der Waals surface area contributed by atoms with Crippen molar-refractivity contribution in [3.63, 3.8) is 0 Å². The lowest BCUT2D eigenvalue weighted by Gasteiger charge is -2.29. The number of amides is 1. The molecule has 0 unspecified atom stereocenters. The number of hydrogen-bond acceptors (Lipinski definition) is 8. The third kappa shape index (κ3) is 9.01. The minimum atomic E-state index is -0.774. The van der Waals surface area contributed by atoms with Crippen LogP contribution in [0.2, 0.25) is 0 Å². The zero-order chi connectivity index (χ0) is 27.7. The molecule has 2 aromatic carbocycles. The molecule has 1 saturated heterocycles. The molecule has 0 bridgehead atoms. The summed E-state index contributed by atoms with van der Waals surface area (Å²) in [5.74, 6) is 0.450. The van der Waals surface area contributed by atoms with Crippen molar-refractivity contribution in [3.05, 3.63) is 64.7 Å². The highest BCUT2D eigenvalue weighted by atomic mass is 16.8. The number of hydrogen-bond donors (Lipinski definition) is 1. The number of nitrogens with zero attached hydrogens (tertiary/aromatic N) is 1. The molecule has 2 atom stereocenters. The Morgan fingerprint density at radius 2 is 1.76 bits per heavy atom. The molecule has 3 rings (SSSR count). The Morgan fingerprint density at radius 1 is 1.08 bits per heavy atom. The number of carbonyl (C=O) groups excluding carboxylic acids is 2. The van der Waals surface area contributed by atoms with Gasteiger partial charge in [0.05, 0.1) is 25.3 Å². The predicted octanol–water partition coefficient (Wildman–Crippen LogP) is 4.93. The number of ether oxygens (including phenoxy) is 4. The van der Waals surface area contributed by atoms with Crippen molar-refractivity contribution in [1.82, 2.24) is 10.4 Å². The summed E-state index contributed by atoms with van der Waals surface area (Å²) < 4.78 is 22.3. The summed E-state index contributed by atoms with van der Waals surface area (Å²) in [4.78, 5) is 31.3. The molecule has 1 N–H and O–H groups in total. The zero-order valence-corrected chi connectivity index (χ0v) is 23.2. The lowest BCUT2D eigenvalue weighted by Crippen LogP contribution is -2.50. The van der Waals surface area contributed by atoms with Crippen molar-refractivity contribution >= 4 is 12.1 Å². The van der Waals surface area contributed by atoms with E-state index in [9.17, 15) is 9.59 Å². The third-order valence-electron chi connectivity index (χ3n) is 6.01. The zero-order valence-electron chi connectivity index (χ0n) is 23.2. The van der Waals surface area contributed by atoms with E-state index in [2.05, 4.69) is 5.32 Å². The SMILES string of the molecule is COCOc1c(C)cc(C(=O)N[C@@H]2CN(OC(=O)OC(C)(C)C)CCC[C@H]2OCc2ccccc2)cc1C. The van der Waals surface area contributed by atoms with E-state index < -0.39 is 17.8 Å². The number of rotatable bonds is 9. The van der Waals surface area contributed by atoms with E-state index in [1.54, 1.807) is 45.1 Å².